The SMILES string of the molecule is Cc1ncc(C[n+]2csc(CCO)c2C)c(N)n1.Cc1ncc(C[n+]2csc(CCO)c2C)c(N)n1.Cl.Cl.O.[Cl-].[Cl-]. The molecule has 0 aromatic carbocycles. The van der Waals surface area contributed by atoms with Crippen molar-refractivity contribution in [2.75, 3.05) is 24.7 Å². The number of hydrogen-bond acceptors (Lipinski definition) is 10. The fourth-order valence-corrected chi connectivity index (χ4v) is 5.50. The maximum absolute atomic E-state index is 8.98. The van der Waals surface area contributed by atoms with Crippen molar-refractivity contribution in [1.29, 1.82) is 0 Å². The highest BCUT2D eigenvalue weighted by atomic mass is 35.5. The van der Waals surface area contributed by atoms with Gasteiger partial charge in [-0.3, -0.25) is 0 Å². The van der Waals surface area contributed by atoms with Crippen LogP contribution in [0.3, 0.4) is 0 Å². The summed E-state index contributed by atoms with van der Waals surface area (Å²) in [6.07, 6.45) is 4.94. The molecule has 0 fully saturated rings. The number of aliphatic hydroxyl groups excluding tert-OH is 2. The van der Waals surface area contributed by atoms with E-state index in [9.17, 15) is 0 Å². The zero-order valence-corrected chi connectivity index (χ0v) is 28.0. The van der Waals surface area contributed by atoms with Crippen LogP contribution < -0.4 is 45.4 Å². The fraction of sp³-hybridized carbons (Fsp3) is 0.417. The fourth-order valence-electron chi connectivity index (χ4n) is 3.53. The number of thiazole rings is 2. The number of anilines is 2. The first kappa shape index (κ1) is 43.5. The smallest absolute Gasteiger partial charge is 0.225 e. The van der Waals surface area contributed by atoms with Gasteiger partial charge in [0.15, 0.2) is 24.5 Å². The molecular weight excluding hydrogens is 654 g/mol. The quantitative estimate of drug-likeness (QED) is 0.133. The summed E-state index contributed by atoms with van der Waals surface area (Å²) in [5.74, 6) is 2.43. The van der Waals surface area contributed by atoms with Crippen molar-refractivity contribution in [2.45, 2.75) is 53.6 Å². The largest absolute Gasteiger partial charge is 1.00 e. The van der Waals surface area contributed by atoms with Gasteiger partial charge in [-0.25, -0.2) is 19.9 Å². The predicted octanol–water partition coefficient (Wildman–Crippen LogP) is -4.76. The topological polar surface area (TPSA) is 183 Å². The first-order valence-electron chi connectivity index (χ1n) is 11.5. The van der Waals surface area contributed by atoms with Crippen LogP contribution in [0.2, 0.25) is 0 Å². The second kappa shape index (κ2) is 20.9. The van der Waals surface area contributed by atoms with E-state index in [1.807, 2.05) is 38.7 Å². The number of halogens is 4. The minimum Gasteiger partial charge on any atom is -1.00 e. The average Bonchev–Trinajstić information content (AvgIpc) is 3.35. The number of aryl methyl sites for hydroxylation is 2. The summed E-state index contributed by atoms with van der Waals surface area (Å²) >= 11 is 3.30. The Labute approximate surface area is 273 Å². The van der Waals surface area contributed by atoms with Gasteiger partial charge in [-0.05, 0) is 13.8 Å². The maximum atomic E-state index is 8.98. The van der Waals surface area contributed by atoms with Crippen molar-refractivity contribution in [2.24, 2.45) is 0 Å². The molecule has 41 heavy (non-hydrogen) atoms. The molecule has 0 aliphatic heterocycles. The molecule has 4 rings (SSSR count). The zero-order chi connectivity index (χ0) is 26.2. The van der Waals surface area contributed by atoms with E-state index in [-0.39, 0.29) is 68.3 Å². The van der Waals surface area contributed by atoms with Crippen molar-refractivity contribution in [1.82, 2.24) is 19.9 Å². The van der Waals surface area contributed by atoms with Crippen molar-refractivity contribution in [3.8, 4) is 0 Å². The van der Waals surface area contributed by atoms with E-state index < -0.39 is 0 Å². The molecule has 0 amide bonds. The summed E-state index contributed by atoms with van der Waals surface area (Å²) in [6, 6.07) is 0. The number of hydrogen-bond donors (Lipinski definition) is 4. The highest BCUT2D eigenvalue weighted by Crippen LogP contribution is 2.15. The molecule has 4 heterocycles. The summed E-state index contributed by atoms with van der Waals surface area (Å²) in [4.78, 5) is 19.1. The number of nitrogens with zero attached hydrogens (tertiary/aromatic N) is 6. The van der Waals surface area contributed by atoms with E-state index in [0.29, 0.717) is 49.2 Å². The molecule has 0 bridgehead atoms. The first-order chi connectivity index (χ1) is 17.2. The van der Waals surface area contributed by atoms with Crippen molar-refractivity contribution >= 4 is 59.1 Å². The number of aromatic nitrogens is 6. The molecule has 11 nitrogen and oxygen atoms in total. The van der Waals surface area contributed by atoms with Gasteiger partial charge in [0.2, 0.25) is 11.0 Å². The zero-order valence-electron chi connectivity index (χ0n) is 23.2. The van der Waals surface area contributed by atoms with E-state index in [2.05, 4.69) is 29.1 Å². The Bertz CT molecular complexity index is 1230. The third kappa shape index (κ3) is 12.1. The second-order valence-corrected chi connectivity index (χ2v) is 10.2. The van der Waals surface area contributed by atoms with Gasteiger partial charge < -0.3 is 52.0 Å². The lowest BCUT2D eigenvalue weighted by atomic mass is 10.2. The monoisotopic (exact) mass is 690 g/mol. The van der Waals surface area contributed by atoms with Crippen molar-refractivity contribution < 1.29 is 49.6 Å². The van der Waals surface area contributed by atoms with Crippen LogP contribution in [0.15, 0.2) is 23.4 Å². The number of aliphatic hydroxyl groups is 2. The highest BCUT2D eigenvalue weighted by Gasteiger charge is 2.18. The van der Waals surface area contributed by atoms with E-state index >= 15 is 0 Å². The Morgan fingerprint density at radius 3 is 1.34 bits per heavy atom. The van der Waals surface area contributed by atoms with Gasteiger partial charge >= 0.3 is 0 Å². The molecule has 0 atom stereocenters. The van der Waals surface area contributed by atoms with Crippen LogP contribution in [-0.2, 0) is 25.9 Å². The standard InChI is InChI=1S/2C12H17N4OS.4ClH.H2O/c2*1-8-11(3-4-17)18-7-16(8)6-10-5-14-9(2)15-12(10)13;;;;;/h2*5,7,17H,3-4,6H2,1-2H3,(H2,13,14,15);4*1H;1H2/q2*+1;;;;;/p-2. The van der Waals surface area contributed by atoms with Gasteiger partial charge in [-0.1, -0.05) is 22.7 Å². The summed E-state index contributed by atoms with van der Waals surface area (Å²) < 4.78 is 4.22. The predicted molar refractivity (Wildman–Crippen MR) is 159 cm³/mol. The average molecular weight is 693 g/mol. The Balaban J connectivity index is -0.000000628. The minimum atomic E-state index is 0. The van der Waals surface area contributed by atoms with E-state index in [0.717, 1.165) is 22.5 Å². The van der Waals surface area contributed by atoms with Gasteiger partial charge in [0.05, 0.1) is 20.9 Å². The van der Waals surface area contributed by atoms with E-state index in [1.54, 1.807) is 35.1 Å². The molecule has 0 aliphatic rings. The maximum Gasteiger partial charge on any atom is 0.225 e. The third-order valence-corrected chi connectivity index (χ3v) is 8.00. The Kier molecular flexibility index (Phi) is 22.1. The van der Waals surface area contributed by atoms with Crippen LogP contribution in [0, 0.1) is 27.7 Å². The molecule has 232 valence electrons. The third-order valence-electron chi connectivity index (χ3n) is 5.71. The molecular formula is C24H38Cl4N8O3S2. The molecule has 0 aliphatic carbocycles. The molecule has 0 spiro atoms. The lowest BCUT2D eigenvalue weighted by Gasteiger charge is -2.01. The highest BCUT2D eigenvalue weighted by molar-refractivity contribution is 7.09. The van der Waals surface area contributed by atoms with Crippen LogP contribution in [0.1, 0.15) is 43.9 Å². The normalized spacial score (nSPS) is 9.51. The Hall–Kier alpha value is -1.94. The second-order valence-electron chi connectivity index (χ2n) is 8.32. The summed E-state index contributed by atoms with van der Waals surface area (Å²) in [5, 5.41) is 18.0. The molecule has 4 aromatic rings. The number of rotatable bonds is 8. The molecule has 17 heteroatoms. The molecule has 0 radical (unpaired) electrons. The molecule has 8 N–H and O–H groups in total. The summed E-state index contributed by atoms with van der Waals surface area (Å²) in [5.41, 5.74) is 20.0. The molecule has 0 saturated heterocycles. The van der Waals surface area contributed by atoms with Crippen LogP contribution in [-0.4, -0.2) is 48.8 Å². The first-order valence-corrected chi connectivity index (χ1v) is 13.3. The molecule has 0 unspecified atom stereocenters. The van der Waals surface area contributed by atoms with Gasteiger partial charge in [0.25, 0.3) is 0 Å². The van der Waals surface area contributed by atoms with Crippen LogP contribution in [0.25, 0.3) is 0 Å². The van der Waals surface area contributed by atoms with E-state index in [4.69, 9.17) is 21.7 Å². The van der Waals surface area contributed by atoms with E-state index in [1.165, 1.54) is 9.75 Å². The van der Waals surface area contributed by atoms with Gasteiger partial charge in [-0.15, -0.1) is 24.8 Å². The Morgan fingerprint density at radius 2 is 1.05 bits per heavy atom. The summed E-state index contributed by atoms with van der Waals surface area (Å²) in [7, 11) is 0. The molecule has 0 saturated carbocycles. The van der Waals surface area contributed by atoms with Gasteiger partial charge in [-0.2, -0.15) is 9.13 Å². The van der Waals surface area contributed by atoms with Crippen molar-refractivity contribution in [3.63, 3.8) is 0 Å². The Morgan fingerprint density at radius 1 is 0.707 bits per heavy atom. The van der Waals surface area contributed by atoms with Crippen LogP contribution in [0.5, 0.6) is 0 Å². The summed E-state index contributed by atoms with van der Waals surface area (Å²) in [6.45, 7) is 9.43. The lowest BCUT2D eigenvalue weighted by molar-refractivity contribution is -0.689. The van der Waals surface area contributed by atoms with Crippen molar-refractivity contribution in [3.05, 3.63) is 67.3 Å². The van der Waals surface area contributed by atoms with Crippen LogP contribution >= 0.6 is 47.5 Å². The van der Waals surface area contributed by atoms with Gasteiger partial charge in [0.1, 0.15) is 23.3 Å². The van der Waals surface area contributed by atoms with Gasteiger partial charge in [0, 0.05) is 52.3 Å². The molecule has 4 aromatic heterocycles. The lowest BCUT2D eigenvalue weighted by Crippen LogP contribution is -3.00. The van der Waals surface area contributed by atoms with Crippen LogP contribution in [0.4, 0.5) is 11.6 Å². The number of nitrogens with two attached hydrogens (primary N) is 2. The minimum absolute atomic E-state index is 0. The number of nitrogen functional groups attached to an aromatic ring is 2.